The number of anilines is 1. The SMILES string of the molecule is CC1CCCC(Nc2nc(CC(=O)O)cs2)C1C. The molecule has 1 heterocycles. The third-order valence-electron chi connectivity index (χ3n) is 3.90. The summed E-state index contributed by atoms with van der Waals surface area (Å²) in [4.78, 5) is 14.9. The molecule has 0 amide bonds. The fourth-order valence-electron chi connectivity index (χ4n) is 2.55. The van der Waals surface area contributed by atoms with E-state index in [1.54, 1.807) is 0 Å². The number of nitrogens with one attached hydrogen (secondary N) is 1. The Balaban J connectivity index is 1.96. The first-order chi connectivity index (χ1) is 8.56. The monoisotopic (exact) mass is 268 g/mol. The van der Waals surface area contributed by atoms with Crippen molar-refractivity contribution in [2.24, 2.45) is 11.8 Å². The summed E-state index contributed by atoms with van der Waals surface area (Å²) in [6, 6.07) is 0.470. The van der Waals surface area contributed by atoms with Crippen molar-refractivity contribution in [3.8, 4) is 0 Å². The van der Waals surface area contributed by atoms with Crippen LogP contribution in [0.25, 0.3) is 0 Å². The van der Waals surface area contributed by atoms with E-state index in [9.17, 15) is 4.79 Å². The van der Waals surface area contributed by atoms with E-state index in [0.717, 1.165) is 11.0 Å². The molecule has 0 aromatic carbocycles. The summed E-state index contributed by atoms with van der Waals surface area (Å²) in [5.74, 6) is 0.562. The summed E-state index contributed by atoms with van der Waals surface area (Å²) in [6.45, 7) is 4.59. The first-order valence-corrected chi connectivity index (χ1v) is 7.37. The zero-order chi connectivity index (χ0) is 13.1. The molecule has 0 bridgehead atoms. The molecule has 1 aromatic rings. The third-order valence-corrected chi connectivity index (χ3v) is 4.72. The fourth-order valence-corrected chi connectivity index (χ4v) is 3.33. The Morgan fingerprint density at radius 2 is 2.33 bits per heavy atom. The van der Waals surface area contributed by atoms with Gasteiger partial charge in [0.15, 0.2) is 5.13 Å². The molecule has 2 N–H and O–H groups in total. The van der Waals surface area contributed by atoms with E-state index in [1.807, 2.05) is 5.38 Å². The van der Waals surface area contributed by atoms with E-state index in [-0.39, 0.29) is 6.42 Å². The zero-order valence-corrected chi connectivity index (χ0v) is 11.7. The molecular weight excluding hydrogens is 248 g/mol. The summed E-state index contributed by atoms with van der Waals surface area (Å²) in [6.07, 6.45) is 3.76. The van der Waals surface area contributed by atoms with Crippen molar-refractivity contribution in [1.82, 2.24) is 4.98 Å². The highest BCUT2D eigenvalue weighted by Gasteiger charge is 2.27. The van der Waals surface area contributed by atoms with Crippen molar-refractivity contribution in [3.63, 3.8) is 0 Å². The Hall–Kier alpha value is -1.10. The van der Waals surface area contributed by atoms with Gasteiger partial charge in [-0.1, -0.05) is 26.7 Å². The minimum atomic E-state index is -0.827. The van der Waals surface area contributed by atoms with Crippen molar-refractivity contribution in [2.45, 2.75) is 45.6 Å². The number of rotatable bonds is 4. The molecule has 3 unspecified atom stereocenters. The van der Waals surface area contributed by atoms with Crippen LogP contribution in [0.2, 0.25) is 0 Å². The average Bonchev–Trinajstić information content (AvgIpc) is 2.71. The summed E-state index contributed by atoms with van der Waals surface area (Å²) < 4.78 is 0. The Labute approximate surface area is 111 Å². The van der Waals surface area contributed by atoms with Gasteiger partial charge < -0.3 is 10.4 Å². The van der Waals surface area contributed by atoms with Crippen molar-refractivity contribution in [2.75, 3.05) is 5.32 Å². The maximum Gasteiger partial charge on any atom is 0.309 e. The van der Waals surface area contributed by atoms with Gasteiger partial charge in [-0.25, -0.2) is 4.98 Å². The molecule has 1 aliphatic rings. The Kier molecular flexibility index (Phi) is 4.22. The molecule has 0 saturated heterocycles. The second-order valence-corrected chi connectivity index (χ2v) is 6.09. The van der Waals surface area contributed by atoms with Gasteiger partial charge in [-0.05, 0) is 18.3 Å². The molecule has 3 atom stereocenters. The Bertz CT molecular complexity index is 419. The smallest absolute Gasteiger partial charge is 0.309 e. The van der Waals surface area contributed by atoms with Gasteiger partial charge in [0.1, 0.15) is 0 Å². The molecular formula is C13H20N2O2S. The van der Waals surface area contributed by atoms with Gasteiger partial charge in [0.25, 0.3) is 0 Å². The van der Waals surface area contributed by atoms with E-state index in [1.165, 1.54) is 30.6 Å². The van der Waals surface area contributed by atoms with Gasteiger partial charge >= 0.3 is 5.97 Å². The average molecular weight is 268 g/mol. The molecule has 1 aliphatic carbocycles. The number of carboxylic acid groups (broad SMARTS) is 1. The lowest BCUT2D eigenvalue weighted by atomic mass is 9.78. The largest absolute Gasteiger partial charge is 0.481 e. The lowest BCUT2D eigenvalue weighted by Crippen LogP contribution is -2.34. The second kappa shape index (κ2) is 5.69. The molecule has 1 fully saturated rings. The van der Waals surface area contributed by atoms with Crippen LogP contribution in [0.5, 0.6) is 0 Å². The number of carbonyl (C=O) groups is 1. The number of hydrogen-bond acceptors (Lipinski definition) is 4. The van der Waals surface area contributed by atoms with Crippen LogP contribution in [0, 0.1) is 11.8 Å². The van der Waals surface area contributed by atoms with Crippen molar-refractivity contribution >= 4 is 22.4 Å². The van der Waals surface area contributed by atoms with Crippen molar-refractivity contribution < 1.29 is 9.90 Å². The molecule has 100 valence electrons. The summed E-state index contributed by atoms with van der Waals surface area (Å²) in [7, 11) is 0. The normalized spacial score (nSPS) is 28.0. The van der Waals surface area contributed by atoms with Crippen LogP contribution in [-0.2, 0) is 11.2 Å². The van der Waals surface area contributed by atoms with Gasteiger partial charge in [0, 0.05) is 11.4 Å². The van der Waals surface area contributed by atoms with E-state index >= 15 is 0 Å². The zero-order valence-electron chi connectivity index (χ0n) is 10.8. The number of aromatic nitrogens is 1. The fraction of sp³-hybridized carbons (Fsp3) is 0.692. The maximum absolute atomic E-state index is 10.6. The minimum absolute atomic E-state index is 0.00873. The highest BCUT2D eigenvalue weighted by Crippen LogP contribution is 2.32. The molecule has 0 radical (unpaired) electrons. The molecule has 0 spiro atoms. The molecule has 4 nitrogen and oxygen atoms in total. The van der Waals surface area contributed by atoms with Crippen LogP contribution in [0.15, 0.2) is 5.38 Å². The van der Waals surface area contributed by atoms with E-state index in [4.69, 9.17) is 5.11 Å². The third kappa shape index (κ3) is 3.22. The van der Waals surface area contributed by atoms with Crippen molar-refractivity contribution in [3.05, 3.63) is 11.1 Å². The molecule has 2 rings (SSSR count). The van der Waals surface area contributed by atoms with Gasteiger partial charge in [0.05, 0.1) is 12.1 Å². The number of thiazole rings is 1. The van der Waals surface area contributed by atoms with E-state index < -0.39 is 5.97 Å². The van der Waals surface area contributed by atoms with Crippen LogP contribution in [0.3, 0.4) is 0 Å². The summed E-state index contributed by atoms with van der Waals surface area (Å²) >= 11 is 1.50. The lowest BCUT2D eigenvalue weighted by molar-refractivity contribution is -0.136. The second-order valence-electron chi connectivity index (χ2n) is 5.23. The number of carboxylic acids is 1. The standard InChI is InChI=1S/C13H20N2O2S/c1-8-4-3-5-11(9(8)2)15-13-14-10(7-18-13)6-12(16)17/h7-9,11H,3-6H2,1-2H3,(H,14,15)(H,16,17). The quantitative estimate of drug-likeness (QED) is 0.881. The first kappa shape index (κ1) is 13.3. The van der Waals surface area contributed by atoms with Gasteiger partial charge in [-0.3, -0.25) is 4.79 Å². The van der Waals surface area contributed by atoms with Crippen LogP contribution in [-0.4, -0.2) is 22.1 Å². The molecule has 0 aliphatic heterocycles. The summed E-state index contributed by atoms with van der Waals surface area (Å²) in [5, 5.41) is 14.9. The van der Waals surface area contributed by atoms with E-state index in [0.29, 0.717) is 17.7 Å². The van der Waals surface area contributed by atoms with Crippen LogP contribution < -0.4 is 5.32 Å². The number of nitrogens with zero attached hydrogens (tertiary/aromatic N) is 1. The molecule has 1 aromatic heterocycles. The predicted octanol–water partition coefficient (Wildman–Crippen LogP) is 3.01. The Morgan fingerprint density at radius 1 is 1.56 bits per heavy atom. The van der Waals surface area contributed by atoms with Gasteiger partial charge in [-0.2, -0.15) is 0 Å². The summed E-state index contributed by atoms with van der Waals surface area (Å²) in [5.41, 5.74) is 0.645. The van der Waals surface area contributed by atoms with E-state index in [2.05, 4.69) is 24.1 Å². The Morgan fingerprint density at radius 3 is 3.06 bits per heavy atom. The molecule has 1 saturated carbocycles. The topological polar surface area (TPSA) is 62.2 Å². The molecule has 5 heteroatoms. The molecule has 18 heavy (non-hydrogen) atoms. The highest BCUT2D eigenvalue weighted by molar-refractivity contribution is 7.13. The highest BCUT2D eigenvalue weighted by atomic mass is 32.1. The van der Waals surface area contributed by atoms with Crippen molar-refractivity contribution in [1.29, 1.82) is 0 Å². The van der Waals surface area contributed by atoms with Crippen LogP contribution in [0.4, 0.5) is 5.13 Å². The first-order valence-electron chi connectivity index (χ1n) is 6.49. The van der Waals surface area contributed by atoms with Gasteiger partial charge in [-0.15, -0.1) is 11.3 Å². The maximum atomic E-state index is 10.6. The van der Waals surface area contributed by atoms with Crippen LogP contribution in [0.1, 0.15) is 38.8 Å². The number of hydrogen-bond donors (Lipinski definition) is 2. The number of aliphatic carboxylic acids is 1. The van der Waals surface area contributed by atoms with Crippen LogP contribution >= 0.6 is 11.3 Å². The minimum Gasteiger partial charge on any atom is -0.481 e. The lowest BCUT2D eigenvalue weighted by Gasteiger charge is -2.34. The predicted molar refractivity (Wildman–Crippen MR) is 73.0 cm³/mol. The van der Waals surface area contributed by atoms with Gasteiger partial charge in [0.2, 0.25) is 0 Å².